The fraction of sp³-hybridized carbons (Fsp3) is 0.262. The van der Waals surface area contributed by atoms with Crippen LogP contribution in [0.25, 0.3) is 0 Å². The first-order chi connectivity index (χ1) is 23.0. The van der Waals surface area contributed by atoms with E-state index in [-0.39, 0.29) is 29.6 Å². The molecule has 0 spiro atoms. The number of fused-ring (bicyclic) bond motifs is 1. The summed E-state index contributed by atoms with van der Waals surface area (Å²) in [4.78, 5) is 16.3. The summed E-state index contributed by atoms with van der Waals surface area (Å²) in [5.41, 5.74) is 3.62. The van der Waals surface area contributed by atoms with Gasteiger partial charge in [-0.25, -0.2) is 0 Å². The Labute approximate surface area is 277 Å². The van der Waals surface area contributed by atoms with Crippen LogP contribution in [-0.4, -0.2) is 36.1 Å². The van der Waals surface area contributed by atoms with Gasteiger partial charge in [-0.05, 0) is 47.6 Å². The van der Waals surface area contributed by atoms with Crippen molar-refractivity contribution >= 4 is 5.91 Å². The lowest BCUT2D eigenvalue weighted by atomic mass is 9.52. The van der Waals surface area contributed by atoms with Gasteiger partial charge in [0.2, 0.25) is 5.91 Å². The Morgan fingerprint density at radius 2 is 1.26 bits per heavy atom. The molecule has 0 aromatic heterocycles. The lowest BCUT2D eigenvalue weighted by Gasteiger charge is -2.53. The molecule has 3 atom stereocenters. The van der Waals surface area contributed by atoms with Crippen LogP contribution in [0.5, 0.6) is 11.5 Å². The molecule has 1 N–H and O–H groups in total. The van der Waals surface area contributed by atoms with Crippen molar-refractivity contribution in [2.24, 2.45) is 11.8 Å². The van der Waals surface area contributed by atoms with Gasteiger partial charge in [0.1, 0.15) is 18.1 Å². The SMILES string of the molecule is COc1ccccc1[C@]1(O)CCC(c2ccccc2)(c2ccccc2)[C@H]2CN(C(=O)Cc3ccccc3OCc3ccccc3)C[C@H]21. The quantitative estimate of drug-likeness (QED) is 0.184. The van der Waals surface area contributed by atoms with Crippen molar-refractivity contribution < 1.29 is 19.4 Å². The molecule has 238 valence electrons. The topological polar surface area (TPSA) is 59.0 Å². The molecule has 1 saturated heterocycles. The minimum atomic E-state index is -1.17. The number of likely N-dealkylation sites (tertiary alicyclic amines) is 1. The molecule has 0 radical (unpaired) electrons. The molecule has 5 aromatic rings. The standard InChI is InChI=1S/C42H41NO4/c1-46-39-24-14-12-22-35(39)42(45)26-25-41(33-18-7-3-8-19-33,34-20-9-4-10-21-34)36-28-43(29-37(36)42)40(44)27-32-17-11-13-23-38(32)47-30-31-15-5-2-6-16-31/h2-24,36-37,45H,25-30H2,1H3/t36-,37+,42+/m0/s1. The van der Waals surface area contributed by atoms with E-state index in [0.717, 1.165) is 28.9 Å². The minimum Gasteiger partial charge on any atom is -0.496 e. The van der Waals surface area contributed by atoms with E-state index in [2.05, 4.69) is 60.7 Å². The van der Waals surface area contributed by atoms with E-state index in [1.807, 2.05) is 83.8 Å². The zero-order valence-electron chi connectivity index (χ0n) is 26.8. The first-order valence-electron chi connectivity index (χ1n) is 16.5. The van der Waals surface area contributed by atoms with Crippen molar-refractivity contribution in [1.82, 2.24) is 4.90 Å². The third-order valence-electron chi connectivity index (χ3n) is 10.5. The highest BCUT2D eigenvalue weighted by Crippen LogP contribution is 2.60. The van der Waals surface area contributed by atoms with Crippen LogP contribution in [0.2, 0.25) is 0 Å². The molecule has 5 aromatic carbocycles. The number of carbonyl (C=O) groups excluding carboxylic acids is 1. The van der Waals surface area contributed by atoms with Gasteiger partial charge in [-0.3, -0.25) is 4.79 Å². The molecular weight excluding hydrogens is 582 g/mol. The molecule has 1 amide bonds. The molecule has 0 bridgehead atoms. The number of ether oxygens (including phenoxy) is 2. The average molecular weight is 624 g/mol. The fourth-order valence-corrected chi connectivity index (χ4v) is 8.24. The fourth-order valence-electron chi connectivity index (χ4n) is 8.24. The molecule has 1 aliphatic heterocycles. The average Bonchev–Trinajstić information content (AvgIpc) is 3.61. The van der Waals surface area contributed by atoms with Gasteiger partial charge in [0.25, 0.3) is 0 Å². The molecule has 5 heteroatoms. The summed E-state index contributed by atoms with van der Waals surface area (Å²) in [5.74, 6) is 1.17. The van der Waals surface area contributed by atoms with Gasteiger partial charge < -0.3 is 19.5 Å². The van der Waals surface area contributed by atoms with Crippen molar-refractivity contribution in [2.75, 3.05) is 20.2 Å². The van der Waals surface area contributed by atoms with E-state index in [9.17, 15) is 9.90 Å². The van der Waals surface area contributed by atoms with E-state index in [1.54, 1.807) is 7.11 Å². The smallest absolute Gasteiger partial charge is 0.227 e. The first-order valence-corrected chi connectivity index (χ1v) is 16.5. The predicted octanol–water partition coefficient (Wildman–Crippen LogP) is 7.56. The van der Waals surface area contributed by atoms with Gasteiger partial charge >= 0.3 is 0 Å². The zero-order chi connectivity index (χ0) is 32.3. The number of para-hydroxylation sites is 2. The number of rotatable bonds is 9. The normalized spacial score (nSPS) is 21.5. The molecule has 1 heterocycles. The van der Waals surface area contributed by atoms with Crippen LogP contribution in [0.15, 0.2) is 140 Å². The minimum absolute atomic E-state index is 0.0348. The lowest BCUT2D eigenvalue weighted by molar-refractivity contribution is -0.130. The third-order valence-corrected chi connectivity index (χ3v) is 10.5. The number of methoxy groups -OCH3 is 1. The highest BCUT2D eigenvalue weighted by Gasteiger charge is 2.61. The highest BCUT2D eigenvalue weighted by molar-refractivity contribution is 5.80. The summed E-state index contributed by atoms with van der Waals surface area (Å²) in [6.07, 6.45) is 1.49. The van der Waals surface area contributed by atoms with Crippen LogP contribution < -0.4 is 9.47 Å². The summed E-state index contributed by atoms with van der Waals surface area (Å²) in [6.45, 7) is 1.42. The molecule has 2 fully saturated rings. The van der Waals surface area contributed by atoms with Crippen LogP contribution in [0.3, 0.4) is 0 Å². The van der Waals surface area contributed by atoms with E-state index < -0.39 is 5.60 Å². The number of benzene rings is 5. The van der Waals surface area contributed by atoms with E-state index >= 15 is 0 Å². The number of nitrogens with zero attached hydrogens (tertiary/aromatic N) is 1. The van der Waals surface area contributed by atoms with Gasteiger partial charge in [0, 0.05) is 35.5 Å². The third kappa shape index (κ3) is 5.70. The van der Waals surface area contributed by atoms with Crippen molar-refractivity contribution in [3.8, 4) is 11.5 Å². The van der Waals surface area contributed by atoms with Crippen LogP contribution >= 0.6 is 0 Å². The molecule has 7 rings (SSSR count). The summed E-state index contributed by atoms with van der Waals surface area (Å²) in [6, 6.07) is 47.0. The van der Waals surface area contributed by atoms with Crippen LogP contribution in [0.4, 0.5) is 0 Å². The molecule has 2 aliphatic rings. The molecular formula is C42H41NO4. The van der Waals surface area contributed by atoms with Crippen molar-refractivity contribution in [2.45, 2.75) is 36.9 Å². The second kappa shape index (κ2) is 13.1. The second-order valence-electron chi connectivity index (χ2n) is 12.9. The Bertz CT molecular complexity index is 1770. The Balaban J connectivity index is 1.25. The summed E-state index contributed by atoms with van der Waals surface area (Å²) in [5, 5.41) is 12.8. The van der Waals surface area contributed by atoms with Gasteiger partial charge in [0.15, 0.2) is 0 Å². The lowest BCUT2D eigenvalue weighted by Crippen LogP contribution is -2.53. The molecule has 5 nitrogen and oxygen atoms in total. The van der Waals surface area contributed by atoms with E-state index in [4.69, 9.17) is 9.47 Å². The van der Waals surface area contributed by atoms with Gasteiger partial charge in [-0.15, -0.1) is 0 Å². The Kier molecular flexibility index (Phi) is 8.57. The van der Waals surface area contributed by atoms with Crippen molar-refractivity contribution in [1.29, 1.82) is 0 Å². The largest absolute Gasteiger partial charge is 0.496 e. The highest BCUT2D eigenvalue weighted by atomic mass is 16.5. The number of carbonyl (C=O) groups is 1. The molecule has 47 heavy (non-hydrogen) atoms. The van der Waals surface area contributed by atoms with Crippen LogP contribution in [0.1, 0.15) is 40.7 Å². The number of hydrogen-bond acceptors (Lipinski definition) is 4. The molecule has 1 aliphatic carbocycles. The van der Waals surface area contributed by atoms with Crippen LogP contribution in [-0.2, 0) is 28.8 Å². The number of aliphatic hydroxyl groups is 1. The first kappa shape index (κ1) is 30.8. The Morgan fingerprint density at radius 1 is 0.702 bits per heavy atom. The Morgan fingerprint density at radius 3 is 1.91 bits per heavy atom. The Hall–Kier alpha value is -4.87. The van der Waals surface area contributed by atoms with Crippen LogP contribution in [0, 0.1) is 11.8 Å². The van der Waals surface area contributed by atoms with Gasteiger partial charge in [-0.1, -0.05) is 127 Å². The maximum absolute atomic E-state index is 14.3. The summed E-state index contributed by atoms with van der Waals surface area (Å²) < 4.78 is 12.0. The van der Waals surface area contributed by atoms with Crippen molar-refractivity contribution in [3.05, 3.63) is 167 Å². The van der Waals surface area contributed by atoms with Gasteiger partial charge in [-0.2, -0.15) is 0 Å². The summed E-state index contributed by atoms with van der Waals surface area (Å²) in [7, 11) is 1.66. The number of amides is 1. The predicted molar refractivity (Wildman–Crippen MR) is 184 cm³/mol. The van der Waals surface area contributed by atoms with E-state index in [0.29, 0.717) is 31.9 Å². The van der Waals surface area contributed by atoms with E-state index in [1.165, 1.54) is 11.1 Å². The molecule has 1 saturated carbocycles. The zero-order valence-corrected chi connectivity index (χ0v) is 26.8. The second-order valence-corrected chi connectivity index (χ2v) is 12.9. The van der Waals surface area contributed by atoms with Gasteiger partial charge in [0.05, 0.1) is 19.1 Å². The van der Waals surface area contributed by atoms with Crippen molar-refractivity contribution in [3.63, 3.8) is 0 Å². The summed E-state index contributed by atoms with van der Waals surface area (Å²) >= 11 is 0. The molecule has 0 unspecified atom stereocenters. The monoisotopic (exact) mass is 623 g/mol. The number of hydrogen-bond donors (Lipinski definition) is 1. The maximum Gasteiger partial charge on any atom is 0.227 e. The maximum atomic E-state index is 14.3.